The summed E-state index contributed by atoms with van der Waals surface area (Å²) in [5.41, 5.74) is 10.2. The fraction of sp³-hybridized carbons (Fsp3) is 0.429. The highest BCUT2D eigenvalue weighted by atomic mass is 19.1. The van der Waals surface area contributed by atoms with Crippen LogP contribution in [-0.4, -0.2) is 31.6 Å². The molecule has 1 aromatic rings. The van der Waals surface area contributed by atoms with Gasteiger partial charge in [-0.15, -0.1) is 0 Å². The van der Waals surface area contributed by atoms with E-state index in [4.69, 9.17) is 16.2 Å². The van der Waals surface area contributed by atoms with Gasteiger partial charge >= 0.3 is 0 Å². The first-order chi connectivity index (χ1) is 9.98. The van der Waals surface area contributed by atoms with Gasteiger partial charge in [0.25, 0.3) is 5.91 Å². The number of ether oxygens (including phenoxy) is 1. The molecule has 2 rings (SSSR count). The van der Waals surface area contributed by atoms with Crippen molar-refractivity contribution in [2.75, 3.05) is 25.1 Å². The summed E-state index contributed by atoms with van der Waals surface area (Å²) < 4.78 is 18.7. The fourth-order valence-electron chi connectivity index (χ4n) is 2.34. The largest absolute Gasteiger partial charge is 0.381 e. The zero-order valence-corrected chi connectivity index (χ0v) is 11.5. The Bertz CT molecular complexity index is 556. The molecule has 6 nitrogen and oxygen atoms in total. The maximum Gasteiger partial charge on any atom is 0.251 e. The fourth-order valence-corrected chi connectivity index (χ4v) is 2.34. The van der Waals surface area contributed by atoms with Crippen LogP contribution in [0.5, 0.6) is 0 Å². The molecule has 5 N–H and O–H groups in total. The molecule has 1 aliphatic heterocycles. The number of carbonyl (C=O) groups is 2. The van der Waals surface area contributed by atoms with Crippen LogP contribution in [0.3, 0.4) is 0 Å². The molecule has 0 aliphatic carbocycles. The minimum absolute atomic E-state index is 0.200. The summed E-state index contributed by atoms with van der Waals surface area (Å²) in [7, 11) is 0. The Balaban J connectivity index is 2.19. The predicted molar refractivity (Wildman–Crippen MR) is 75.1 cm³/mol. The number of hydrogen-bond acceptors (Lipinski definition) is 4. The van der Waals surface area contributed by atoms with Gasteiger partial charge in [-0.3, -0.25) is 9.59 Å². The molecular weight excluding hydrogens is 277 g/mol. The zero-order valence-electron chi connectivity index (χ0n) is 11.5. The molecule has 0 saturated carbocycles. The number of nitrogens with one attached hydrogen (secondary N) is 1. The molecule has 0 spiro atoms. The van der Waals surface area contributed by atoms with Gasteiger partial charge in [-0.25, -0.2) is 4.39 Å². The lowest BCUT2D eigenvalue weighted by atomic mass is 9.79. The van der Waals surface area contributed by atoms with Gasteiger partial charge in [0.15, 0.2) is 0 Å². The van der Waals surface area contributed by atoms with E-state index in [1.165, 1.54) is 12.1 Å². The summed E-state index contributed by atoms with van der Waals surface area (Å²) in [5, 5.41) is 2.68. The molecule has 2 amide bonds. The van der Waals surface area contributed by atoms with E-state index in [0.29, 0.717) is 31.7 Å². The maximum absolute atomic E-state index is 13.4. The first-order valence-electron chi connectivity index (χ1n) is 6.67. The van der Waals surface area contributed by atoms with E-state index < -0.39 is 17.1 Å². The third-order valence-electron chi connectivity index (χ3n) is 3.81. The Kier molecular flexibility index (Phi) is 4.54. The van der Waals surface area contributed by atoms with Gasteiger partial charge in [0, 0.05) is 25.4 Å². The van der Waals surface area contributed by atoms with E-state index in [1.807, 2.05) is 0 Å². The number of nitrogens with two attached hydrogens (primary N) is 2. The van der Waals surface area contributed by atoms with Crippen LogP contribution >= 0.6 is 0 Å². The van der Waals surface area contributed by atoms with Crippen molar-refractivity contribution in [3.8, 4) is 0 Å². The van der Waals surface area contributed by atoms with Crippen molar-refractivity contribution in [1.82, 2.24) is 0 Å². The minimum Gasteiger partial charge on any atom is -0.381 e. The van der Waals surface area contributed by atoms with Crippen molar-refractivity contribution < 1.29 is 18.7 Å². The molecular formula is C14H18FN3O3. The van der Waals surface area contributed by atoms with E-state index in [-0.39, 0.29) is 18.0 Å². The molecule has 1 saturated heterocycles. The number of amides is 2. The molecule has 0 aromatic heterocycles. The van der Waals surface area contributed by atoms with Crippen molar-refractivity contribution in [2.45, 2.75) is 12.8 Å². The van der Waals surface area contributed by atoms with Crippen LogP contribution in [0.4, 0.5) is 10.1 Å². The summed E-state index contributed by atoms with van der Waals surface area (Å²) in [6.45, 7) is 1.15. The highest BCUT2D eigenvalue weighted by Gasteiger charge is 2.38. The topological polar surface area (TPSA) is 107 Å². The van der Waals surface area contributed by atoms with Crippen LogP contribution in [0.1, 0.15) is 23.2 Å². The first-order valence-corrected chi connectivity index (χ1v) is 6.67. The molecule has 0 unspecified atom stereocenters. The molecule has 0 radical (unpaired) electrons. The summed E-state index contributed by atoms with van der Waals surface area (Å²) in [6.07, 6.45) is 1.05. The van der Waals surface area contributed by atoms with Crippen molar-refractivity contribution in [1.29, 1.82) is 0 Å². The van der Waals surface area contributed by atoms with Gasteiger partial charge in [-0.05, 0) is 31.0 Å². The molecule has 21 heavy (non-hydrogen) atoms. The zero-order chi connectivity index (χ0) is 15.5. The second-order valence-corrected chi connectivity index (χ2v) is 5.11. The number of carbonyl (C=O) groups excluding carboxylic acids is 2. The Morgan fingerprint density at radius 2 is 2.00 bits per heavy atom. The maximum atomic E-state index is 13.4. The Morgan fingerprint density at radius 3 is 2.57 bits per heavy atom. The van der Waals surface area contributed by atoms with Crippen molar-refractivity contribution in [2.24, 2.45) is 16.9 Å². The standard InChI is InChI=1S/C14H18FN3O3/c15-11-2-1-9(7-10(11)12(17)19)18-13(20)14(8-16)3-5-21-6-4-14/h1-2,7H,3-6,8,16H2,(H2,17,19)(H,18,20). The summed E-state index contributed by atoms with van der Waals surface area (Å²) in [4.78, 5) is 23.5. The van der Waals surface area contributed by atoms with Gasteiger partial charge in [-0.1, -0.05) is 0 Å². The average molecular weight is 295 g/mol. The van der Waals surface area contributed by atoms with Gasteiger partial charge in [-0.2, -0.15) is 0 Å². The second-order valence-electron chi connectivity index (χ2n) is 5.11. The summed E-state index contributed by atoms with van der Waals surface area (Å²) in [5.74, 6) is -1.86. The van der Waals surface area contributed by atoms with E-state index in [2.05, 4.69) is 5.32 Å². The van der Waals surface area contributed by atoms with Gasteiger partial charge in [0.2, 0.25) is 5.91 Å². The van der Waals surface area contributed by atoms with Gasteiger partial charge in [0.1, 0.15) is 5.82 Å². The van der Waals surface area contributed by atoms with Gasteiger partial charge < -0.3 is 21.5 Å². The Morgan fingerprint density at radius 1 is 1.33 bits per heavy atom. The van der Waals surface area contributed by atoms with Crippen LogP contribution < -0.4 is 16.8 Å². The summed E-state index contributed by atoms with van der Waals surface area (Å²) >= 11 is 0. The lowest BCUT2D eigenvalue weighted by molar-refractivity contribution is -0.130. The molecule has 1 aliphatic rings. The second kappa shape index (κ2) is 6.19. The SMILES string of the molecule is NCC1(C(=O)Nc2ccc(F)c(C(N)=O)c2)CCOCC1. The molecule has 7 heteroatoms. The smallest absolute Gasteiger partial charge is 0.251 e. The van der Waals surface area contributed by atoms with Crippen molar-refractivity contribution >= 4 is 17.5 Å². The summed E-state index contributed by atoms with van der Waals surface area (Å²) in [6, 6.07) is 3.69. The van der Waals surface area contributed by atoms with Crippen LogP contribution in [-0.2, 0) is 9.53 Å². The van der Waals surface area contributed by atoms with Crippen molar-refractivity contribution in [3.63, 3.8) is 0 Å². The molecule has 0 atom stereocenters. The molecule has 1 fully saturated rings. The Labute approximate surface area is 121 Å². The monoisotopic (exact) mass is 295 g/mol. The minimum atomic E-state index is -0.886. The Hall–Kier alpha value is -1.99. The number of benzene rings is 1. The molecule has 1 heterocycles. The quantitative estimate of drug-likeness (QED) is 0.756. The number of anilines is 1. The molecule has 1 aromatic carbocycles. The van der Waals surface area contributed by atoms with E-state index in [9.17, 15) is 14.0 Å². The van der Waals surface area contributed by atoms with E-state index in [0.717, 1.165) is 6.07 Å². The number of rotatable bonds is 4. The van der Waals surface area contributed by atoms with E-state index in [1.54, 1.807) is 0 Å². The first kappa shape index (κ1) is 15.4. The predicted octanol–water partition coefficient (Wildman–Crippen LogP) is 0.619. The third-order valence-corrected chi connectivity index (χ3v) is 3.81. The molecule has 0 bridgehead atoms. The average Bonchev–Trinajstić information content (AvgIpc) is 2.49. The third kappa shape index (κ3) is 3.20. The highest BCUT2D eigenvalue weighted by Crippen LogP contribution is 2.31. The number of hydrogen-bond donors (Lipinski definition) is 3. The van der Waals surface area contributed by atoms with Crippen molar-refractivity contribution in [3.05, 3.63) is 29.6 Å². The number of halogens is 1. The van der Waals surface area contributed by atoms with Crippen LogP contribution in [0.15, 0.2) is 18.2 Å². The molecule has 114 valence electrons. The van der Waals surface area contributed by atoms with E-state index >= 15 is 0 Å². The normalized spacial score (nSPS) is 17.2. The van der Waals surface area contributed by atoms with Crippen LogP contribution in [0.2, 0.25) is 0 Å². The van der Waals surface area contributed by atoms with Crippen LogP contribution in [0.25, 0.3) is 0 Å². The lowest BCUT2D eigenvalue weighted by Gasteiger charge is -2.34. The van der Waals surface area contributed by atoms with Gasteiger partial charge in [0.05, 0.1) is 11.0 Å². The lowest BCUT2D eigenvalue weighted by Crippen LogP contribution is -2.46. The van der Waals surface area contributed by atoms with Crippen LogP contribution in [0, 0.1) is 11.2 Å². The highest BCUT2D eigenvalue weighted by molar-refractivity contribution is 5.98. The number of primary amides is 1.